The average molecular weight is 488 g/mol. The Kier molecular flexibility index (Phi) is 5.40. The van der Waals surface area contributed by atoms with Gasteiger partial charge in [0.05, 0.1) is 5.02 Å². The van der Waals surface area contributed by atoms with Gasteiger partial charge in [0.25, 0.3) is 15.9 Å². The SMILES string of the molecule is NC(=O)C12CC3CC(C1)C(NC(=O)c1cccc(NS(=O)(=O)c4ccccc4Cl)c1)C(C3)C2. The largest absolute Gasteiger partial charge is 0.369 e. The molecule has 4 fully saturated rings. The van der Waals surface area contributed by atoms with Gasteiger partial charge in [-0.15, -0.1) is 0 Å². The summed E-state index contributed by atoms with van der Waals surface area (Å²) >= 11 is 6.04. The Morgan fingerprint density at radius 3 is 2.36 bits per heavy atom. The van der Waals surface area contributed by atoms with E-state index in [0.29, 0.717) is 11.5 Å². The molecule has 4 aliphatic rings. The lowest BCUT2D eigenvalue weighted by atomic mass is 9.47. The van der Waals surface area contributed by atoms with Crippen molar-refractivity contribution in [3.05, 3.63) is 59.1 Å². The van der Waals surface area contributed by atoms with Crippen LogP contribution in [0.2, 0.25) is 5.02 Å². The quantitative estimate of drug-likeness (QED) is 0.577. The van der Waals surface area contributed by atoms with Crippen LogP contribution in [0, 0.1) is 23.2 Å². The number of sulfonamides is 1. The van der Waals surface area contributed by atoms with Crippen molar-refractivity contribution < 1.29 is 18.0 Å². The second kappa shape index (κ2) is 8.02. The molecule has 0 radical (unpaired) electrons. The van der Waals surface area contributed by atoms with E-state index in [2.05, 4.69) is 10.0 Å². The number of halogens is 1. The Labute approximate surface area is 198 Å². The van der Waals surface area contributed by atoms with E-state index < -0.39 is 15.4 Å². The van der Waals surface area contributed by atoms with Crippen molar-refractivity contribution in [2.24, 2.45) is 28.9 Å². The Hall–Kier alpha value is -2.58. The molecule has 4 saturated carbocycles. The summed E-state index contributed by atoms with van der Waals surface area (Å²) in [7, 11) is -3.90. The van der Waals surface area contributed by atoms with Crippen molar-refractivity contribution in [3.8, 4) is 0 Å². The molecule has 0 heterocycles. The fourth-order valence-electron chi connectivity index (χ4n) is 6.39. The lowest BCUT2D eigenvalue weighted by Crippen LogP contribution is -2.62. The number of primary amides is 1. The van der Waals surface area contributed by atoms with Crippen LogP contribution in [-0.2, 0) is 14.8 Å². The molecule has 7 nitrogen and oxygen atoms in total. The van der Waals surface area contributed by atoms with Gasteiger partial charge in [0.15, 0.2) is 0 Å². The predicted molar refractivity (Wildman–Crippen MR) is 125 cm³/mol. The third-order valence-corrected chi connectivity index (χ3v) is 9.48. The van der Waals surface area contributed by atoms with E-state index in [1.165, 1.54) is 18.2 Å². The van der Waals surface area contributed by atoms with Gasteiger partial charge < -0.3 is 11.1 Å². The van der Waals surface area contributed by atoms with Gasteiger partial charge in [-0.3, -0.25) is 14.3 Å². The van der Waals surface area contributed by atoms with Crippen LogP contribution in [0.15, 0.2) is 53.4 Å². The first-order chi connectivity index (χ1) is 15.7. The van der Waals surface area contributed by atoms with Crippen LogP contribution in [0.5, 0.6) is 0 Å². The Balaban J connectivity index is 1.31. The minimum atomic E-state index is -3.90. The molecule has 2 atom stereocenters. The van der Waals surface area contributed by atoms with Gasteiger partial charge >= 0.3 is 0 Å². The van der Waals surface area contributed by atoms with Gasteiger partial charge in [-0.05, 0) is 80.2 Å². The van der Waals surface area contributed by atoms with Crippen LogP contribution in [-0.4, -0.2) is 26.3 Å². The zero-order valence-corrected chi connectivity index (χ0v) is 19.5. The van der Waals surface area contributed by atoms with Gasteiger partial charge in [0.1, 0.15) is 4.90 Å². The standard InChI is InChI=1S/C24H26ClN3O4S/c25-19-6-1-2-7-20(19)33(31,32)28-18-5-3-4-15(10-18)22(29)27-21-16-8-14-9-17(21)13-24(11-14,12-16)23(26)30/h1-7,10,14,16-17,21,28H,8-9,11-13H2,(H2,26,30)(H,27,29). The molecule has 2 unspecified atom stereocenters. The summed E-state index contributed by atoms with van der Waals surface area (Å²) in [4.78, 5) is 25.2. The molecule has 2 aromatic carbocycles. The van der Waals surface area contributed by atoms with E-state index >= 15 is 0 Å². The van der Waals surface area contributed by atoms with Crippen molar-refractivity contribution in [2.45, 2.75) is 43.0 Å². The van der Waals surface area contributed by atoms with Crippen molar-refractivity contribution in [1.82, 2.24) is 5.32 Å². The molecular weight excluding hydrogens is 462 g/mol. The maximum atomic E-state index is 13.1. The Morgan fingerprint density at radius 2 is 1.70 bits per heavy atom. The summed E-state index contributed by atoms with van der Waals surface area (Å²) in [5, 5.41) is 3.30. The molecule has 0 aliphatic heterocycles. The molecule has 33 heavy (non-hydrogen) atoms. The molecule has 6 rings (SSSR count). The minimum absolute atomic E-state index is 0.00463. The van der Waals surface area contributed by atoms with Crippen LogP contribution in [0.4, 0.5) is 5.69 Å². The summed E-state index contributed by atoms with van der Waals surface area (Å²) < 4.78 is 28.0. The first kappa shape index (κ1) is 22.2. The highest BCUT2D eigenvalue weighted by Gasteiger charge is 2.58. The fourth-order valence-corrected chi connectivity index (χ4v) is 7.96. The van der Waals surface area contributed by atoms with E-state index in [1.54, 1.807) is 30.3 Å². The van der Waals surface area contributed by atoms with Crippen molar-refractivity contribution in [3.63, 3.8) is 0 Å². The third kappa shape index (κ3) is 3.99. The van der Waals surface area contributed by atoms with E-state index in [9.17, 15) is 18.0 Å². The summed E-state index contributed by atoms with van der Waals surface area (Å²) in [6, 6.07) is 12.6. The molecule has 9 heteroatoms. The van der Waals surface area contributed by atoms with Crippen LogP contribution < -0.4 is 15.8 Å². The number of amides is 2. The zero-order chi connectivity index (χ0) is 23.4. The predicted octanol–water partition coefficient (Wildman–Crippen LogP) is 3.55. The van der Waals surface area contributed by atoms with Crippen LogP contribution in [0.25, 0.3) is 0 Å². The average Bonchev–Trinajstić information content (AvgIpc) is 2.75. The van der Waals surface area contributed by atoms with E-state index in [1.807, 2.05) is 0 Å². The highest BCUT2D eigenvalue weighted by Crippen LogP contribution is 2.59. The number of hydrogen-bond donors (Lipinski definition) is 3. The number of carbonyl (C=O) groups is 2. The fraction of sp³-hybridized carbons (Fsp3) is 0.417. The topological polar surface area (TPSA) is 118 Å². The van der Waals surface area contributed by atoms with Gasteiger partial charge in [0.2, 0.25) is 5.91 Å². The molecule has 2 amide bonds. The summed E-state index contributed by atoms with van der Waals surface area (Å²) in [6.07, 6.45) is 4.36. The second-order valence-electron chi connectivity index (χ2n) is 9.73. The highest BCUT2D eigenvalue weighted by atomic mass is 35.5. The Bertz CT molecular complexity index is 1220. The molecule has 174 valence electrons. The molecule has 4 aliphatic carbocycles. The maximum absolute atomic E-state index is 13.1. The van der Waals surface area contributed by atoms with E-state index in [-0.39, 0.29) is 45.3 Å². The monoisotopic (exact) mass is 487 g/mol. The van der Waals surface area contributed by atoms with Gasteiger partial charge in [-0.25, -0.2) is 8.42 Å². The molecule has 4 bridgehead atoms. The lowest BCUT2D eigenvalue weighted by molar-refractivity contribution is -0.145. The molecule has 2 aromatic rings. The molecule has 0 saturated heterocycles. The third-order valence-electron chi connectivity index (χ3n) is 7.60. The number of nitrogens with two attached hydrogens (primary N) is 1. The van der Waals surface area contributed by atoms with E-state index in [0.717, 1.165) is 32.1 Å². The number of benzene rings is 2. The van der Waals surface area contributed by atoms with Gasteiger partial charge in [-0.1, -0.05) is 29.8 Å². The van der Waals surface area contributed by atoms with Crippen LogP contribution in [0.3, 0.4) is 0 Å². The lowest BCUT2D eigenvalue weighted by Gasteiger charge is -2.58. The van der Waals surface area contributed by atoms with Crippen LogP contribution >= 0.6 is 11.6 Å². The van der Waals surface area contributed by atoms with Crippen molar-refractivity contribution >= 4 is 39.1 Å². The van der Waals surface area contributed by atoms with Gasteiger partial charge in [0, 0.05) is 22.7 Å². The minimum Gasteiger partial charge on any atom is -0.369 e. The second-order valence-corrected chi connectivity index (χ2v) is 11.8. The molecule has 0 spiro atoms. The number of rotatable bonds is 6. The number of carbonyl (C=O) groups excluding carboxylic acids is 2. The molecule has 4 N–H and O–H groups in total. The van der Waals surface area contributed by atoms with Crippen molar-refractivity contribution in [2.75, 3.05) is 4.72 Å². The summed E-state index contributed by atoms with van der Waals surface area (Å²) in [6.45, 7) is 0. The molecule has 0 aromatic heterocycles. The first-order valence-electron chi connectivity index (χ1n) is 11.1. The summed E-state index contributed by atoms with van der Waals surface area (Å²) in [5.41, 5.74) is 6.00. The smallest absolute Gasteiger partial charge is 0.263 e. The van der Waals surface area contributed by atoms with Gasteiger partial charge in [-0.2, -0.15) is 0 Å². The maximum Gasteiger partial charge on any atom is 0.263 e. The summed E-state index contributed by atoms with van der Waals surface area (Å²) in [5.74, 6) is 0.541. The normalized spacial score (nSPS) is 30.1. The highest BCUT2D eigenvalue weighted by molar-refractivity contribution is 7.92. The number of hydrogen-bond acceptors (Lipinski definition) is 4. The first-order valence-corrected chi connectivity index (χ1v) is 13.0. The van der Waals surface area contributed by atoms with E-state index in [4.69, 9.17) is 17.3 Å². The number of anilines is 1. The zero-order valence-electron chi connectivity index (χ0n) is 18.0. The Morgan fingerprint density at radius 1 is 1.00 bits per heavy atom. The number of nitrogens with one attached hydrogen (secondary N) is 2. The van der Waals surface area contributed by atoms with Crippen molar-refractivity contribution in [1.29, 1.82) is 0 Å². The molecular formula is C24H26ClN3O4S. The van der Waals surface area contributed by atoms with Crippen LogP contribution in [0.1, 0.15) is 42.5 Å².